The van der Waals surface area contributed by atoms with Crippen LogP contribution in [0.4, 0.5) is 5.69 Å². The first-order valence-corrected chi connectivity index (χ1v) is 9.62. The van der Waals surface area contributed by atoms with Gasteiger partial charge in [0.25, 0.3) is 5.91 Å². The molecule has 0 aliphatic rings. The van der Waals surface area contributed by atoms with E-state index in [9.17, 15) is 13.2 Å². The molecule has 146 valence electrons. The predicted octanol–water partition coefficient (Wildman–Crippen LogP) is 2.82. The molecule has 0 saturated carbocycles. The Bertz CT molecular complexity index is 946. The number of sulfonamides is 1. The van der Waals surface area contributed by atoms with Crippen LogP contribution in [-0.2, 0) is 10.0 Å². The van der Waals surface area contributed by atoms with Gasteiger partial charge < -0.3 is 14.8 Å². The fourth-order valence-corrected chi connectivity index (χ4v) is 3.72. The quantitative estimate of drug-likeness (QED) is 0.817. The van der Waals surface area contributed by atoms with Crippen molar-refractivity contribution in [3.05, 3.63) is 47.0 Å². The number of hydrogen-bond donors (Lipinski definition) is 1. The molecule has 0 saturated heterocycles. The van der Waals surface area contributed by atoms with Gasteiger partial charge in [-0.25, -0.2) is 12.7 Å². The van der Waals surface area contributed by atoms with Gasteiger partial charge in [0, 0.05) is 43.5 Å². The highest BCUT2D eigenvalue weighted by atomic mass is 32.2. The lowest BCUT2D eigenvalue weighted by atomic mass is 10.1. The molecule has 2 aromatic carbocycles. The van der Waals surface area contributed by atoms with E-state index in [0.29, 0.717) is 28.3 Å². The van der Waals surface area contributed by atoms with Gasteiger partial charge >= 0.3 is 0 Å². The molecule has 7 nitrogen and oxygen atoms in total. The predicted molar refractivity (Wildman–Crippen MR) is 104 cm³/mol. The summed E-state index contributed by atoms with van der Waals surface area (Å²) in [5.74, 6) is 0.629. The maximum Gasteiger partial charge on any atom is 0.255 e. The van der Waals surface area contributed by atoms with Crippen molar-refractivity contribution in [1.82, 2.24) is 4.31 Å². The Hall–Kier alpha value is -2.58. The lowest BCUT2D eigenvalue weighted by Gasteiger charge is -2.17. The molecule has 1 N–H and O–H groups in total. The highest BCUT2D eigenvalue weighted by Gasteiger charge is 2.23. The summed E-state index contributed by atoms with van der Waals surface area (Å²) in [5.41, 5.74) is 2.06. The van der Waals surface area contributed by atoms with Gasteiger partial charge in [0.05, 0.1) is 19.1 Å². The summed E-state index contributed by atoms with van der Waals surface area (Å²) in [4.78, 5) is 12.8. The number of nitrogens with zero attached hydrogens (tertiary/aromatic N) is 1. The third-order valence-corrected chi connectivity index (χ3v) is 6.19. The minimum atomic E-state index is -3.67. The van der Waals surface area contributed by atoms with Crippen LogP contribution in [0, 0.1) is 13.8 Å². The molecule has 27 heavy (non-hydrogen) atoms. The van der Waals surface area contributed by atoms with Gasteiger partial charge in [0.1, 0.15) is 11.5 Å². The minimum Gasteiger partial charge on any atom is -0.497 e. The maximum atomic E-state index is 12.7. The summed E-state index contributed by atoms with van der Waals surface area (Å²) < 4.78 is 36.6. The zero-order valence-electron chi connectivity index (χ0n) is 16.3. The summed E-state index contributed by atoms with van der Waals surface area (Å²) in [7, 11) is 2.28. The van der Waals surface area contributed by atoms with E-state index in [1.807, 2.05) is 0 Å². The first-order valence-electron chi connectivity index (χ1n) is 8.18. The monoisotopic (exact) mass is 392 g/mol. The van der Waals surface area contributed by atoms with Crippen molar-refractivity contribution in [2.24, 2.45) is 0 Å². The van der Waals surface area contributed by atoms with Crippen LogP contribution in [0.1, 0.15) is 21.5 Å². The second-order valence-electron chi connectivity index (χ2n) is 6.26. The fourth-order valence-electron chi connectivity index (χ4n) is 2.51. The van der Waals surface area contributed by atoms with E-state index in [-0.39, 0.29) is 10.5 Å². The number of amides is 1. The third-order valence-electron chi connectivity index (χ3n) is 4.25. The average molecular weight is 392 g/mol. The molecule has 0 spiro atoms. The normalized spacial score (nSPS) is 11.4. The number of rotatable bonds is 6. The van der Waals surface area contributed by atoms with Crippen LogP contribution in [0.2, 0.25) is 0 Å². The van der Waals surface area contributed by atoms with Crippen LogP contribution in [0.5, 0.6) is 11.5 Å². The number of ether oxygens (including phenoxy) is 2. The van der Waals surface area contributed by atoms with Crippen molar-refractivity contribution < 1.29 is 22.7 Å². The molecule has 0 aliphatic carbocycles. The number of methoxy groups -OCH3 is 2. The SMILES string of the molecule is COc1cc(NC(=O)c2cc(C)c(C)c(S(=O)(=O)N(C)C)c2)cc(OC)c1. The van der Waals surface area contributed by atoms with E-state index in [2.05, 4.69) is 5.32 Å². The summed E-state index contributed by atoms with van der Waals surface area (Å²) in [6.07, 6.45) is 0. The van der Waals surface area contributed by atoms with Crippen LogP contribution < -0.4 is 14.8 Å². The van der Waals surface area contributed by atoms with Crippen LogP contribution in [0.15, 0.2) is 35.2 Å². The molecular weight excluding hydrogens is 368 g/mol. The first-order chi connectivity index (χ1) is 12.6. The van der Waals surface area contributed by atoms with Crippen molar-refractivity contribution in [3.8, 4) is 11.5 Å². The largest absolute Gasteiger partial charge is 0.497 e. The first kappa shape index (κ1) is 20.7. The number of carbonyl (C=O) groups excluding carboxylic acids is 1. The van der Waals surface area contributed by atoms with Crippen LogP contribution in [-0.4, -0.2) is 46.9 Å². The molecule has 0 fully saturated rings. The Morgan fingerprint density at radius 3 is 2.00 bits per heavy atom. The molecular formula is C19H24N2O5S. The molecule has 0 aromatic heterocycles. The van der Waals surface area contributed by atoms with E-state index in [1.165, 1.54) is 34.4 Å². The van der Waals surface area contributed by atoms with E-state index in [1.54, 1.807) is 38.1 Å². The Kier molecular flexibility index (Phi) is 6.12. The topological polar surface area (TPSA) is 84.9 Å². The molecule has 1 amide bonds. The lowest BCUT2D eigenvalue weighted by molar-refractivity contribution is 0.102. The van der Waals surface area contributed by atoms with Gasteiger partial charge in [-0.15, -0.1) is 0 Å². The minimum absolute atomic E-state index is 0.112. The van der Waals surface area contributed by atoms with Crippen molar-refractivity contribution in [3.63, 3.8) is 0 Å². The Balaban J connectivity index is 2.45. The maximum absolute atomic E-state index is 12.7. The summed E-state index contributed by atoms with van der Waals surface area (Å²) in [5, 5.41) is 2.75. The highest BCUT2D eigenvalue weighted by Crippen LogP contribution is 2.27. The molecule has 2 aromatic rings. The molecule has 0 radical (unpaired) electrons. The van der Waals surface area contributed by atoms with Crippen molar-refractivity contribution in [2.45, 2.75) is 18.7 Å². The van der Waals surface area contributed by atoms with Crippen LogP contribution in [0.3, 0.4) is 0 Å². The standard InChI is InChI=1S/C19H24N2O5S/c1-12-7-14(8-18(13(12)2)27(23,24)21(3)4)19(22)20-15-9-16(25-5)11-17(10-15)26-6/h7-11H,1-6H3,(H,20,22). The number of nitrogens with one attached hydrogen (secondary N) is 1. The second kappa shape index (κ2) is 7.98. The molecule has 0 atom stereocenters. The smallest absolute Gasteiger partial charge is 0.255 e. The van der Waals surface area contributed by atoms with Gasteiger partial charge in [0.2, 0.25) is 10.0 Å². The molecule has 0 heterocycles. The summed E-state index contributed by atoms with van der Waals surface area (Å²) in [6.45, 7) is 3.50. The second-order valence-corrected chi connectivity index (χ2v) is 8.38. The van der Waals surface area contributed by atoms with Crippen molar-refractivity contribution in [2.75, 3.05) is 33.6 Å². The van der Waals surface area contributed by atoms with Gasteiger partial charge in [0.15, 0.2) is 0 Å². The Morgan fingerprint density at radius 1 is 0.963 bits per heavy atom. The lowest BCUT2D eigenvalue weighted by Crippen LogP contribution is -2.24. The summed E-state index contributed by atoms with van der Waals surface area (Å²) >= 11 is 0. The van der Waals surface area contributed by atoms with E-state index in [4.69, 9.17) is 9.47 Å². The van der Waals surface area contributed by atoms with Crippen LogP contribution in [0.25, 0.3) is 0 Å². The van der Waals surface area contributed by atoms with E-state index < -0.39 is 15.9 Å². The summed E-state index contributed by atoms with van der Waals surface area (Å²) in [6, 6.07) is 8.05. The number of aryl methyl sites for hydroxylation is 1. The van der Waals surface area contributed by atoms with Gasteiger partial charge in [-0.05, 0) is 37.1 Å². The molecule has 0 bridgehead atoms. The highest BCUT2D eigenvalue weighted by molar-refractivity contribution is 7.89. The van der Waals surface area contributed by atoms with E-state index in [0.717, 1.165) is 4.31 Å². The number of hydrogen-bond acceptors (Lipinski definition) is 5. The number of anilines is 1. The Labute approximate surface area is 160 Å². The Morgan fingerprint density at radius 2 is 1.52 bits per heavy atom. The van der Waals surface area contributed by atoms with E-state index >= 15 is 0 Å². The molecule has 0 unspecified atom stereocenters. The molecule has 0 aliphatic heterocycles. The number of benzene rings is 2. The molecule has 8 heteroatoms. The van der Waals surface area contributed by atoms with Crippen molar-refractivity contribution >= 4 is 21.6 Å². The average Bonchev–Trinajstić information content (AvgIpc) is 2.62. The molecule has 2 rings (SSSR count). The number of carbonyl (C=O) groups is 1. The third kappa shape index (κ3) is 4.40. The van der Waals surface area contributed by atoms with Crippen molar-refractivity contribution in [1.29, 1.82) is 0 Å². The fraction of sp³-hybridized carbons (Fsp3) is 0.316. The van der Waals surface area contributed by atoms with Crippen LogP contribution >= 0.6 is 0 Å². The zero-order valence-corrected chi connectivity index (χ0v) is 17.1. The van der Waals surface area contributed by atoms with Gasteiger partial charge in [-0.2, -0.15) is 0 Å². The van der Waals surface area contributed by atoms with Gasteiger partial charge in [-0.1, -0.05) is 0 Å². The van der Waals surface area contributed by atoms with Gasteiger partial charge in [-0.3, -0.25) is 4.79 Å². The zero-order chi connectivity index (χ0) is 20.4.